The Hall–Kier alpha value is -2.10. The zero-order valence-corrected chi connectivity index (χ0v) is 12.3. The Balaban J connectivity index is 2.39. The Morgan fingerprint density at radius 3 is 2.67 bits per heavy atom. The highest BCUT2D eigenvalue weighted by Crippen LogP contribution is 2.33. The van der Waals surface area contributed by atoms with Crippen molar-refractivity contribution >= 4 is 16.9 Å². The van der Waals surface area contributed by atoms with Gasteiger partial charge in [-0.25, -0.2) is 4.79 Å². The van der Waals surface area contributed by atoms with Gasteiger partial charge < -0.3 is 9.67 Å². The summed E-state index contributed by atoms with van der Waals surface area (Å²) < 4.78 is 1.84. The zero-order valence-electron chi connectivity index (χ0n) is 12.3. The van der Waals surface area contributed by atoms with Crippen LogP contribution < -0.4 is 5.43 Å². The van der Waals surface area contributed by atoms with E-state index in [1.54, 1.807) is 6.07 Å². The van der Waals surface area contributed by atoms with Crippen molar-refractivity contribution in [1.82, 2.24) is 4.57 Å². The molecule has 110 valence electrons. The molecule has 1 fully saturated rings. The lowest BCUT2D eigenvalue weighted by Crippen LogP contribution is -2.20. The summed E-state index contributed by atoms with van der Waals surface area (Å²) in [6.07, 6.45) is 2.27. The molecule has 0 amide bonds. The maximum Gasteiger partial charge on any atom is 0.352 e. The Morgan fingerprint density at radius 1 is 1.38 bits per heavy atom. The molecule has 1 aromatic carbocycles. The van der Waals surface area contributed by atoms with Crippen LogP contribution in [0.1, 0.15) is 48.7 Å². The summed E-state index contributed by atoms with van der Waals surface area (Å²) in [4.78, 5) is 23.8. The second-order valence-electron chi connectivity index (χ2n) is 6.15. The molecule has 3 rings (SSSR count). The molecule has 0 bridgehead atoms. The molecule has 0 radical (unpaired) electrons. The Kier molecular flexibility index (Phi) is 3.32. The number of hydrogen-bond donors (Lipinski definition) is 1. The van der Waals surface area contributed by atoms with Gasteiger partial charge in [0, 0.05) is 18.0 Å². The second kappa shape index (κ2) is 5.02. The number of carboxylic acids is 1. The van der Waals surface area contributed by atoms with Gasteiger partial charge in [-0.05, 0) is 36.3 Å². The molecule has 0 atom stereocenters. The van der Waals surface area contributed by atoms with Crippen LogP contribution in [0.25, 0.3) is 10.9 Å². The number of nitrogens with zero attached hydrogens (tertiary/aromatic N) is 1. The highest BCUT2D eigenvalue weighted by atomic mass is 16.4. The number of hydrogen-bond acceptors (Lipinski definition) is 2. The molecule has 0 spiro atoms. The molecule has 1 heterocycles. The lowest BCUT2D eigenvalue weighted by molar-refractivity contribution is 0.0684. The van der Waals surface area contributed by atoms with Crippen molar-refractivity contribution in [2.45, 2.75) is 39.2 Å². The van der Waals surface area contributed by atoms with Gasteiger partial charge in [-0.2, -0.15) is 0 Å². The fourth-order valence-electron chi connectivity index (χ4n) is 2.85. The van der Waals surface area contributed by atoms with Crippen LogP contribution in [0.15, 0.2) is 29.1 Å². The van der Waals surface area contributed by atoms with Crippen molar-refractivity contribution in [2.24, 2.45) is 5.92 Å². The monoisotopic (exact) mass is 285 g/mol. The number of para-hydroxylation sites is 1. The fraction of sp³-hybridized carbons (Fsp3) is 0.412. The summed E-state index contributed by atoms with van der Waals surface area (Å²) in [5.41, 5.74) is 1.72. The summed E-state index contributed by atoms with van der Waals surface area (Å²) in [6.45, 7) is 4.81. The van der Waals surface area contributed by atoms with E-state index < -0.39 is 5.97 Å². The van der Waals surface area contributed by atoms with Gasteiger partial charge in [0.1, 0.15) is 5.69 Å². The summed E-state index contributed by atoms with van der Waals surface area (Å²) in [6, 6.07) is 6.91. The normalized spacial score (nSPS) is 14.8. The zero-order chi connectivity index (χ0) is 15.1. The highest BCUT2D eigenvalue weighted by molar-refractivity contribution is 5.91. The lowest BCUT2D eigenvalue weighted by Gasteiger charge is -2.18. The van der Waals surface area contributed by atoms with Crippen LogP contribution in [0.2, 0.25) is 0 Å². The molecular weight excluding hydrogens is 266 g/mol. The molecule has 0 unspecified atom stereocenters. The van der Waals surface area contributed by atoms with Gasteiger partial charge in [0.15, 0.2) is 5.43 Å². The quantitative estimate of drug-likeness (QED) is 0.938. The van der Waals surface area contributed by atoms with Gasteiger partial charge >= 0.3 is 5.97 Å². The van der Waals surface area contributed by atoms with E-state index >= 15 is 0 Å². The molecule has 1 aromatic heterocycles. The Bertz CT molecular complexity index is 769. The minimum atomic E-state index is -1.03. The topological polar surface area (TPSA) is 59.3 Å². The Morgan fingerprint density at radius 2 is 2.10 bits per heavy atom. The number of aromatic carboxylic acids is 1. The predicted molar refractivity (Wildman–Crippen MR) is 82.0 cm³/mol. The summed E-state index contributed by atoms with van der Waals surface area (Å²) in [5.74, 6) is -0.259. The molecule has 1 N–H and O–H groups in total. The van der Waals surface area contributed by atoms with Crippen LogP contribution >= 0.6 is 0 Å². The minimum Gasteiger partial charge on any atom is -0.477 e. The predicted octanol–water partition coefficient (Wildman–Crippen LogP) is 3.23. The molecule has 0 saturated heterocycles. The van der Waals surface area contributed by atoms with Crippen molar-refractivity contribution in [1.29, 1.82) is 0 Å². The SMILES string of the molecule is CC(C)c1cccc2c(=O)cc(C(=O)O)n(CC3CC3)c12. The third-order valence-corrected chi connectivity index (χ3v) is 4.14. The first-order valence-electron chi connectivity index (χ1n) is 7.38. The molecule has 4 heteroatoms. The van der Waals surface area contributed by atoms with E-state index in [1.807, 2.05) is 16.7 Å². The van der Waals surface area contributed by atoms with Crippen LogP contribution in [0, 0.1) is 5.92 Å². The van der Waals surface area contributed by atoms with Crippen LogP contribution in [0.4, 0.5) is 0 Å². The number of aromatic nitrogens is 1. The van der Waals surface area contributed by atoms with Crippen LogP contribution in [-0.2, 0) is 6.54 Å². The molecule has 4 nitrogen and oxygen atoms in total. The van der Waals surface area contributed by atoms with Gasteiger partial charge in [-0.3, -0.25) is 4.79 Å². The third kappa shape index (κ3) is 2.46. The summed E-state index contributed by atoms with van der Waals surface area (Å²) >= 11 is 0. The number of carbonyl (C=O) groups is 1. The molecule has 1 saturated carbocycles. The maximum atomic E-state index is 12.3. The molecule has 1 aliphatic rings. The fourth-order valence-corrected chi connectivity index (χ4v) is 2.85. The van der Waals surface area contributed by atoms with E-state index in [4.69, 9.17) is 0 Å². The van der Waals surface area contributed by atoms with Crippen molar-refractivity contribution in [3.63, 3.8) is 0 Å². The van der Waals surface area contributed by atoms with E-state index in [9.17, 15) is 14.7 Å². The number of fused-ring (bicyclic) bond motifs is 1. The third-order valence-electron chi connectivity index (χ3n) is 4.14. The van der Waals surface area contributed by atoms with Crippen LogP contribution in [-0.4, -0.2) is 15.6 Å². The molecule has 0 aliphatic heterocycles. The molecular formula is C17H19NO3. The van der Waals surface area contributed by atoms with Crippen LogP contribution in [0.3, 0.4) is 0 Å². The maximum absolute atomic E-state index is 12.3. The number of rotatable bonds is 4. The first-order chi connectivity index (χ1) is 9.99. The second-order valence-corrected chi connectivity index (χ2v) is 6.15. The van der Waals surface area contributed by atoms with Gasteiger partial charge in [-0.15, -0.1) is 0 Å². The van der Waals surface area contributed by atoms with E-state index in [2.05, 4.69) is 13.8 Å². The lowest BCUT2D eigenvalue weighted by atomic mass is 9.98. The van der Waals surface area contributed by atoms with E-state index in [-0.39, 0.29) is 17.0 Å². The summed E-state index contributed by atoms with van der Waals surface area (Å²) in [7, 11) is 0. The van der Waals surface area contributed by atoms with Gasteiger partial charge in [0.2, 0.25) is 0 Å². The summed E-state index contributed by atoms with van der Waals surface area (Å²) in [5, 5.41) is 10.1. The number of carboxylic acid groups (broad SMARTS) is 1. The van der Waals surface area contributed by atoms with E-state index in [0.29, 0.717) is 17.8 Å². The standard InChI is InChI=1S/C17H19NO3/c1-10(2)12-4-3-5-13-15(19)8-14(17(20)21)18(16(12)13)9-11-6-7-11/h3-5,8,10-11H,6-7,9H2,1-2H3,(H,20,21). The van der Waals surface area contributed by atoms with Crippen molar-refractivity contribution in [2.75, 3.05) is 0 Å². The highest BCUT2D eigenvalue weighted by Gasteiger charge is 2.26. The average Bonchev–Trinajstić information content (AvgIpc) is 3.24. The minimum absolute atomic E-state index is 0.104. The van der Waals surface area contributed by atoms with Gasteiger partial charge in [-0.1, -0.05) is 26.0 Å². The van der Waals surface area contributed by atoms with E-state index in [1.165, 1.54) is 6.07 Å². The van der Waals surface area contributed by atoms with Gasteiger partial charge in [0.05, 0.1) is 5.52 Å². The molecule has 2 aromatic rings. The van der Waals surface area contributed by atoms with Crippen LogP contribution in [0.5, 0.6) is 0 Å². The average molecular weight is 285 g/mol. The first-order valence-corrected chi connectivity index (χ1v) is 7.38. The molecule has 1 aliphatic carbocycles. The smallest absolute Gasteiger partial charge is 0.352 e. The van der Waals surface area contributed by atoms with Crippen molar-refractivity contribution in [3.8, 4) is 0 Å². The van der Waals surface area contributed by atoms with Crippen molar-refractivity contribution in [3.05, 3.63) is 45.7 Å². The number of benzene rings is 1. The van der Waals surface area contributed by atoms with E-state index in [0.717, 1.165) is 23.9 Å². The Labute approximate surface area is 123 Å². The molecule has 21 heavy (non-hydrogen) atoms. The van der Waals surface area contributed by atoms with Gasteiger partial charge in [0.25, 0.3) is 0 Å². The number of pyridine rings is 1. The largest absolute Gasteiger partial charge is 0.477 e. The van der Waals surface area contributed by atoms with Crippen molar-refractivity contribution < 1.29 is 9.90 Å². The first kappa shape index (κ1) is 13.9.